The lowest BCUT2D eigenvalue weighted by Crippen LogP contribution is -2.45. The lowest BCUT2D eigenvalue weighted by molar-refractivity contribution is -0.136. The zero-order valence-electron chi connectivity index (χ0n) is 21.5. The van der Waals surface area contributed by atoms with Gasteiger partial charge in [0.2, 0.25) is 0 Å². The van der Waals surface area contributed by atoms with Crippen molar-refractivity contribution in [2.75, 3.05) is 11.9 Å². The first-order valence-electron chi connectivity index (χ1n) is 12.5. The first-order valence-corrected chi connectivity index (χ1v) is 13.3. The molecule has 0 bridgehead atoms. The van der Waals surface area contributed by atoms with Gasteiger partial charge in [-0.2, -0.15) is 0 Å². The highest BCUT2D eigenvalue weighted by atomic mass is 35.5. The summed E-state index contributed by atoms with van der Waals surface area (Å²) in [7, 11) is 0. The van der Waals surface area contributed by atoms with E-state index >= 15 is 0 Å². The zero-order valence-corrected chi connectivity index (χ0v) is 23.0. The van der Waals surface area contributed by atoms with E-state index in [4.69, 9.17) is 28.3 Å². The highest BCUT2D eigenvalue weighted by Crippen LogP contribution is 2.39. The van der Waals surface area contributed by atoms with E-state index in [1.807, 2.05) is 17.0 Å². The predicted molar refractivity (Wildman–Crippen MR) is 147 cm³/mol. The van der Waals surface area contributed by atoms with Crippen LogP contribution < -0.4 is 10.6 Å². The maximum atomic E-state index is 13.5. The number of amides is 3. The van der Waals surface area contributed by atoms with Crippen molar-refractivity contribution in [1.29, 1.82) is 0 Å². The minimum absolute atomic E-state index is 0.0641. The number of carbonyl (C=O) groups excluding carboxylic acids is 2. The summed E-state index contributed by atoms with van der Waals surface area (Å²) in [5.41, 5.74) is 2.09. The van der Waals surface area contributed by atoms with E-state index in [1.54, 1.807) is 30.3 Å². The summed E-state index contributed by atoms with van der Waals surface area (Å²) in [5.74, 6) is -0.689. The fourth-order valence-corrected chi connectivity index (χ4v) is 5.31. The van der Waals surface area contributed by atoms with Crippen LogP contribution in [0.5, 0.6) is 0 Å². The number of anilines is 1. The minimum Gasteiger partial charge on any atom is -0.481 e. The summed E-state index contributed by atoms with van der Waals surface area (Å²) in [6, 6.07) is 11.8. The molecule has 0 radical (unpaired) electrons. The third kappa shape index (κ3) is 8.64. The van der Waals surface area contributed by atoms with Gasteiger partial charge in [0.15, 0.2) is 0 Å². The zero-order chi connectivity index (χ0) is 27.2. The van der Waals surface area contributed by atoms with Crippen molar-refractivity contribution < 1.29 is 19.5 Å². The first-order chi connectivity index (χ1) is 17.4. The van der Waals surface area contributed by atoms with Crippen molar-refractivity contribution in [3.05, 3.63) is 63.6 Å². The normalized spacial score (nSPS) is 17.6. The quantitative estimate of drug-likeness (QED) is 0.337. The summed E-state index contributed by atoms with van der Waals surface area (Å²) in [6.07, 6.45) is 3.79. The number of halogens is 2. The van der Waals surface area contributed by atoms with Gasteiger partial charge in [-0.1, -0.05) is 56.1 Å². The Hall–Kier alpha value is -2.77. The van der Waals surface area contributed by atoms with E-state index in [2.05, 4.69) is 31.4 Å². The predicted octanol–water partition coefficient (Wildman–Crippen LogP) is 6.84. The van der Waals surface area contributed by atoms with E-state index in [9.17, 15) is 14.4 Å². The SMILES string of the molecule is CC(C)(C)[C@H]1CC[C@H](N(Cc2ccc(C(=O)NCCC(=O)O)cc2)C(=O)Nc2cc(Cl)cc(Cl)c2)CC1. The molecule has 2 aromatic carbocycles. The van der Waals surface area contributed by atoms with Gasteiger partial charge < -0.3 is 20.6 Å². The number of rotatable bonds is 8. The Labute approximate surface area is 228 Å². The van der Waals surface area contributed by atoms with Gasteiger partial charge in [-0.05, 0) is 72.9 Å². The maximum Gasteiger partial charge on any atom is 0.322 e. The van der Waals surface area contributed by atoms with Crippen LogP contribution in [0.15, 0.2) is 42.5 Å². The van der Waals surface area contributed by atoms with Gasteiger partial charge in [0.25, 0.3) is 5.91 Å². The number of nitrogens with zero attached hydrogens (tertiary/aromatic N) is 1. The number of benzene rings is 2. The number of nitrogens with one attached hydrogen (secondary N) is 2. The Morgan fingerprint density at radius 2 is 1.57 bits per heavy atom. The molecule has 0 unspecified atom stereocenters. The Balaban J connectivity index is 1.74. The van der Waals surface area contributed by atoms with E-state index in [-0.39, 0.29) is 36.4 Å². The molecule has 1 aliphatic rings. The molecule has 37 heavy (non-hydrogen) atoms. The molecule has 0 spiro atoms. The Bertz CT molecular complexity index is 1090. The molecule has 1 aliphatic carbocycles. The molecule has 9 heteroatoms. The van der Waals surface area contributed by atoms with Crippen LogP contribution in [0.3, 0.4) is 0 Å². The first kappa shape index (κ1) is 28.8. The van der Waals surface area contributed by atoms with Crippen molar-refractivity contribution >= 4 is 46.8 Å². The van der Waals surface area contributed by atoms with Crippen LogP contribution in [-0.4, -0.2) is 40.5 Å². The van der Waals surface area contributed by atoms with Gasteiger partial charge in [-0.15, -0.1) is 0 Å². The van der Waals surface area contributed by atoms with Crippen LogP contribution in [0.1, 0.15) is 68.8 Å². The van der Waals surface area contributed by atoms with Crippen molar-refractivity contribution in [1.82, 2.24) is 10.2 Å². The van der Waals surface area contributed by atoms with Crippen molar-refractivity contribution in [3.8, 4) is 0 Å². The van der Waals surface area contributed by atoms with Gasteiger partial charge in [0, 0.05) is 40.4 Å². The minimum atomic E-state index is -0.967. The van der Waals surface area contributed by atoms with Crippen LogP contribution in [0.25, 0.3) is 0 Å². The second-order valence-electron chi connectivity index (χ2n) is 10.7. The number of carboxylic acid groups (broad SMARTS) is 1. The van der Waals surface area contributed by atoms with E-state index in [0.717, 1.165) is 31.2 Å². The summed E-state index contributed by atoms with van der Waals surface area (Å²) >= 11 is 12.3. The number of aliphatic carboxylic acids is 1. The van der Waals surface area contributed by atoms with Gasteiger partial charge in [0.1, 0.15) is 0 Å². The molecule has 200 valence electrons. The third-order valence-corrected chi connectivity index (χ3v) is 7.37. The van der Waals surface area contributed by atoms with Crippen LogP contribution >= 0.6 is 23.2 Å². The lowest BCUT2D eigenvalue weighted by Gasteiger charge is -2.41. The van der Waals surface area contributed by atoms with Gasteiger partial charge in [0.05, 0.1) is 6.42 Å². The maximum absolute atomic E-state index is 13.5. The molecule has 2 aromatic rings. The summed E-state index contributed by atoms with van der Waals surface area (Å²) < 4.78 is 0. The largest absolute Gasteiger partial charge is 0.481 e. The van der Waals surface area contributed by atoms with Crippen LogP contribution in [-0.2, 0) is 11.3 Å². The molecule has 0 heterocycles. The van der Waals surface area contributed by atoms with Crippen LogP contribution in [0, 0.1) is 11.3 Å². The second kappa shape index (κ2) is 12.7. The van der Waals surface area contributed by atoms with E-state index < -0.39 is 5.97 Å². The Kier molecular flexibility index (Phi) is 9.85. The topological polar surface area (TPSA) is 98.7 Å². The van der Waals surface area contributed by atoms with Crippen molar-refractivity contribution in [2.45, 2.75) is 65.5 Å². The average molecular weight is 549 g/mol. The molecular weight excluding hydrogens is 513 g/mol. The molecule has 0 atom stereocenters. The highest BCUT2D eigenvalue weighted by Gasteiger charge is 2.33. The van der Waals surface area contributed by atoms with Gasteiger partial charge in [-0.3, -0.25) is 9.59 Å². The number of hydrogen-bond donors (Lipinski definition) is 3. The molecule has 3 rings (SSSR count). The van der Waals surface area contributed by atoms with E-state index in [1.165, 1.54) is 0 Å². The highest BCUT2D eigenvalue weighted by molar-refractivity contribution is 6.35. The van der Waals surface area contributed by atoms with Crippen LogP contribution in [0.4, 0.5) is 10.5 Å². The number of carboxylic acids is 1. The fourth-order valence-electron chi connectivity index (χ4n) is 4.78. The Morgan fingerprint density at radius 3 is 2.11 bits per heavy atom. The van der Waals surface area contributed by atoms with Gasteiger partial charge >= 0.3 is 12.0 Å². The third-order valence-electron chi connectivity index (χ3n) is 6.93. The summed E-state index contributed by atoms with van der Waals surface area (Å²) in [6.45, 7) is 7.25. The van der Waals surface area contributed by atoms with Gasteiger partial charge in [-0.25, -0.2) is 4.79 Å². The second-order valence-corrected chi connectivity index (χ2v) is 11.6. The number of carbonyl (C=O) groups is 3. The fraction of sp³-hybridized carbons (Fsp3) is 0.464. The molecular formula is C28H35Cl2N3O4. The summed E-state index contributed by atoms with van der Waals surface area (Å²) in [5, 5.41) is 15.2. The molecule has 3 N–H and O–H groups in total. The molecule has 7 nitrogen and oxygen atoms in total. The molecule has 0 saturated heterocycles. The number of urea groups is 1. The Morgan fingerprint density at radius 1 is 0.973 bits per heavy atom. The lowest BCUT2D eigenvalue weighted by atomic mass is 9.71. The molecule has 1 fully saturated rings. The van der Waals surface area contributed by atoms with Crippen LogP contribution in [0.2, 0.25) is 10.0 Å². The van der Waals surface area contributed by atoms with Crippen molar-refractivity contribution in [3.63, 3.8) is 0 Å². The van der Waals surface area contributed by atoms with Crippen molar-refractivity contribution in [2.24, 2.45) is 11.3 Å². The molecule has 0 aliphatic heterocycles. The smallest absolute Gasteiger partial charge is 0.322 e. The standard InChI is InChI=1S/C28H35Cl2N3O4/c1-28(2,3)20-8-10-24(11-9-20)33(27(37)32-23-15-21(29)14-22(30)16-23)17-18-4-6-19(7-5-18)26(36)31-13-12-25(34)35/h4-7,14-16,20,24H,8-13,17H2,1-3H3,(H,31,36)(H,32,37)(H,34,35)/t20-,24-. The monoisotopic (exact) mass is 547 g/mol. The molecule has 0 aromatic heterocycles. The van der Waals surface area contributed by atoms with E-state index in [0.29, 0.717) is 33.8 Å². The number of hydrogen-bond acceptors (Lipinski definition) is 3. The average Bonchev–Trinajstić information content (AvgIpc) is 2.81. The summed E-state index contributed by atoms with van der Waals surface area (Å²) in [4.78, 5) is 38.3. The molecule has 3 amide bonds. The molecule has 1 saturated carbocycles.